The number of nitrogens with one attached hydrogen (secondary N) is 1. The van der Waals surface area contributed by atoms with E-state index in [1.165, 1.54) is 35.9 Å². The minimum atomic E-state index is -0.865. The van der Waals surface area contributed by atoms with E-state index in [2.05, 4.69) is 15.0 Å². The number of carbonyl (C=O) groups excluding carboxylic acids is 1. The van der Waals surface area contributed by atoms with E-state index in [0.29, 0.717) is 43.1 Å². The first-order chi connectivity index (χ1) is 20.9. The molecular weight excluding hydrogens is 606 g/mol. The Balaban J connectivity index is 1.72. The summed E-state index contributed by atoms with van der Waals surface area (Å²) in [6.45, 7) is 6.84. The van der Waals surface area contributed by atoms with Crippen molar-refractivity contribution < 1.29 is 19.2 Å². The summed E-state index contributed by atoms with van der Waals surface area (Å²) in [5.41, 5.74) is 1.14. The average Bonchev–Trinajstić information content (AvgIpc) is 3.26. The number of rotatable bonds is 8. The molecule has 1 aliphatic heterocycles. The molecule has 14 heteroatoms. The summed E-state index contributed by atoms with van der Waals surface area (Å²) in [6, 6.07) is 11.8. The van der Waals surface area contributed by atoms with E-state index in [9.17, 15) is 24.5 Å². The van der Waals surface area contributed by atoms with E-state index in [4.69, 9.17) is 9.47 Å². The van der Waals surface area contributed by atoms with Gasteiger partial charge >= 0.3 is 5.97 Å². The third kappa shape index (κ3) is 6.26. The number of aromatic amines is 1. The van der Waals surface area contributed by atoms with E-state index in [1.54, 1.807) is 58.0 Å². The van der Waals surface area contributed by atoms with E-state index >= 15 is 0 Å². The van der Waals surface area contributed by atoms with Crippen molar-refractivity contribution in [1.82, 2.24) is 14.5 Å². The van der Waals surface area contributed by atoms with Crippen molar-refractivity contribution in [3.05, 3.63) is 117 Å². The number of non-ortho nitro benzene ring substituents is 1. The van der Waals surface area contributed by atoms with Crippen LogP contribution in [-0.4, -0.2) is 38.6 Å². The van der Waals surface area contributed by atoms with Crippen LogP contribution >= 0.6 is 23.1 Å². The summed E-state index contributed by atoms with van der Waals surface area (Å²) < 4.78 is 12.6. The highest BCUT2D eigenvalue weighted by molar-refractivity contribution is 7.99. The Morgan fingerprint density at radius 2 is 1.95 bits per heavy atom. The molecule has 1 N–H and O–H groups in total. The topological polar surface area (TPSA) is 159 Å². The number of fused-ring (bicyclic) bond motifs is 1. The van der Waals surface area contributed by atoms with Gasteiger partial charge in [0.15, 0.2) is 9.96 Å². The Hall–Kier alpha value is -4.82. The first-order valence-electron chi connectivity index (χ1n) is 13.4. The smallest absolute Gasteiger partial charge is 0.338 e. The molecule has 0 saturated heterocycles. The number of esters is 1. The number of hydrogen-bond acceptors (Lipinski definition) is 11. The fourth-order valence-electron chi connectivity index (χ4n) is 4.69. The molecule has 4 aromatic rings. The SMILES string of the molecule is COc1cccc([C@H]2C(C(=O)OC(C)C)=C(C)N=c3s/c(=C\c4cc([N+](=O)[O-])ccc4Sc4nc(C)cc(=O)[nH]4)c(=O)n32)c1. The summed E-state index contributed by atoms with van der Waals surface area (Å²) in [5, 5.41) is 11.9. The molecule has 0 radical (unpaired) electrons. The van der Waals surface area contributed by atoms with Crippen LogP contribution in [0.4, 0.5) is 5.69 Å². The normalized spacial score (nSPS) is 14.8. The molecule has 0 aliphatic carbocycles. The second kappa shape index (κ2) is 12.4. The van der Waals surface area contributed by atoms with Gasteiger partial charge in [-0.15, -0.1) is 0 Å². The number of aromatic nitrogens is 3. The van der Waals surface area contributed by atoms with Crippen molar-refractivity contribution in [2.45, 2.75) is 49.9 Å². The predicted molar refractivity (Wildman–Crippen MR) is 165 cm³/mol. The molecule has 0 saturated carbocycles. The maximum atomic E-state index is 14.1. The largest absolute Gasteiger partial charge is 0.497 e. The van der Waals surface area contributed by atoms with Crippen molar-refractivity contribution in [3.8, 4) is 5.75 Å². The lowest BCUT2D eigenvalue weighted by Crippen LogP contribution is -2.40. The van der Waals surface area contributed by atoms with Gasteiger partial charge in [0.25, 0.3) is 16.8 Å². The Morgan fingerprint density at radius 1 is 1.18 bits per heavy atom. The van der Waals surface area contributed by atoms with Gasteiger partial charge in [0.05, 0.1) is 40.0 Å². The quantitative estimate of drug-likeness (QED) is 0.132. The number of H-pyrrole nitrogens is 1. The number of allylic oxidation sites excluding steroid dienone is 1. The van der Waals surface area contributed by atoms with Crippen LogP contribution < -0.4 is 25.2 Å². The van der Waals surface area contributed by atoms with Crippen molar-refractivity contribution in [2.75, 3.05) is 7.11 Å². The lowest BCUT2D eigenvalue weighted by atomic mass is 9.95. The number of nitro benzene ring substituents is 1. The summed E-state index contributed by atoms with van der Waals surface area (Å²) in [6.07, 6.45) is 1.14. The number of nitrogens with zero attached hydrogens (tertiary/aromatic N) is 4. The van der Waals surface area contributed by atoms with Crippen LogP contribution in [0.2, 0.25) is 0 Å². The van der Waals surface area contributed by atoms with Crippen LogP contribution in [0.5, 0.6) is 5.75 Å². The van der Waals surface area contributed by atoms with Gasteiger partial charge < -0.3 is 14.5 Å². The van der Waals surface area contributed by atoms with Crippen LogP contribution in [0, 0.1) is 17.0 Å². The zero-order valence-electron chi connectivity index (χ0n) is 24.3. The molecule has 1 atom stereocenters. The molecular formula is C30H27N5O7S2. The van der Waals surface area contributed by atoms with Crippen LogP contribution in [0.25, 0.3) is 6.08 Å². The average molecular weight is 634 g/mol. The van der Waals surface area contributed by atoms with E-state index in [1.807, 2.05) is 0 Å². The first-order valence-corrected chi connectivity index (χ1v) is 15.0. The number of hydrogen-bond donors (Lipinski definition) is 1. The van der Waals surface area contributed by atoms with Crippen LogP contribution in [0.3, 0.4) is 0 Å². The molecule has 0 unspecified atom stereocenters. The van der Waals surface area contributed by atoms with Crippen LogP contribution in [0.15, 0.2) is 84.4 Å². The molecule has 5 rings (SSSR count). The maximum absolute atomic E-state index is 14.1. The second-order valence-electron chi connectivity index (χ2n) is 10.1. The van der Waals surface area contributed by atoms with Crippen LogP contribution in [0.1, 0.15) is 43.6 Å². The summed E-state index contributed by atoms with van der Waals surface area (Å²) in [5.74, 6) is -0.0581. The highest BCUT2D eigenvalue weighted by Crippen LogP contribution is 2.33. The number of thiazole rings is 1. The number of ether oxygens (including phenoxy) is 2. The van der Waals surface area contributed by atoms with Gasteiger partial charge in [-0.3, -0.25) is 24.3 Å². The summed E-state index contributed by atoms with van der Waals surface area (Å²) in [7, 11) is 1.52. The molecule has 0 amide bonds. The molecule has 44 heavy (non-hydrogen) atoms. The van der Waals surface area contributed by atoms with E-state index in [-0.39, 0.29) is 21.4 Å². The Bertz CT molecular complexity index is 2080. The number of carbonyl (C=O) groups is 1. The first kappa shape index (κ1) is 30.6. The molecule has 1 aliphatic rings. The Labute approximate surface area is 258 Å². The van der Waals surface area contributed by atoms with Crippen molar-refractivity contribution >= 4 is 40.8 Å². The van der Waals surface area contributed by atoms with Gasteiger partial charge in [0, 0.05) is 28.8 Å². The van der Waals surface area contributed by atoms with E-state index in [0.717, 1.165) is 23.1 Å². The number of aryl methyl sites for hydroxylation is 1. The predicted octanol–water partition coefficient (Wildman–Crippen LogP) is 3.65. The summed E-state index contributed by atoms with van der Waals surface area (Å²) in [4.78, 5) is 63.1. The lowest BCUT2D eigenvalue weighted by molar-refractivity contribution is -0.384. The monoisotopic (exact) mass is 633 g/mol. The molecule has 2 aromatic heterocycles. The van der Waals surface area contributed by atoms with Crippen molar-refractivity contribution in [2.24, 2.45) is 4.99 Å². The molecule has 0 bridgehead atoms. The zero-order chi connectivity index (χ0) is 31.7. The van der Waals surface area contributed by atoms with Crippen molar-refractivity contribution in [3.63, 3.8) is 0 Å². The Kier molecular flexibility index (Phi) is 8.65. The van der Waals surface area contributed by atoms with Gasteiger partial charge in [-0.05, 0) is 63.1 Å². The van der Waals surface area contributed by atoms with E-state index < -0.39 is 28.6 Å². The fraction of sp³-hybridized carbons (Fsp3) is 0.233. The molecule has 0 fully saturated rings. The van der Waals surface area contributed by atoms with Gasteiger partial charge in [0.1, 0.15) is 5.75 Å². The number of methoxy groups -OCH3 is 1. The molecule has 226 valence electrons. The van der Waals surface area contributed by atoms with Gasteiger partial charge in [-0.2, -0.15) is 0 Å². The lowest BCUT2D eigenvalue weighted by Gasteiger charge is -2.25. The molecule has 12 nitrogen and oxygen atoms in total. The molecule has 0 spiro atoms. The summed E-state index contributed by atoms with van der Waals surface area (Å²) >= 11 is 2.19. The Morgan fingerprint density at radius 3 is 2.64 bits per heavy atom. The molecule has 2 aromatic carbocycles. The third-order valence-corrected chi connectivity index (χ3v) is 8.50. The minimum absolute atomic E-state index is 0.178. The number of benzene rings is 2. The molecule has 3 heterocycles. The van der Waals surface area contributed by atoms with Gasteiger partial charge in [-0.1, -0.05) is 35.2 Å². The van der Waals surface area contributed by atoms with Crippen LogP contribution in [-0.2, 0) is 9.53 Å². The van der Waals surface area contributed by atoms with Gasteiger partial charge in [-0.25, -0.2) is 14.8 Å². The third-order valence-electron chi connectivity index (χ3n) is 6.54. The highest BCUT2D eigenvalue weighted by atomic mass is 32.2. The number of nitro groups is 1. The van der Waals surface area contributed by atoms with Gasteiger partial charge in [0.2, 0.25) is 0 Å². The second-order valence-corrected chi connectivity index (χ2v) is 12.1. The standard InChI is InChI=1S/C30H27N5O7S2/c1-15(2)42-28(38)25-17(4)32-30-34(26(25)18-7-6-8-21(13-18)41-5)27(37)23(44-30)14-19-12-20(35(39)40)9-10-22(19)43-29-31-16(3)11-24(36)33-29/h6-15,26H,1-5H3,(H,31,33,36)/b23-14-/t26-/m0/s1. The zero-order valence-corrected chi connectivity index (χ0v) is 25.9. The maximum Gasteiger partial charge on any atom is 0.338 e. The highest BCUT2D eigenvalue weighted by Gasteiger charge is 2.34. The fourth-order valence-corrected chi connectivity index (χ4v) is 6.65. The van der Waals surface area contributed by atoms with Crippen molar-refractivity contribution in [1.29, 1.82) is 0 Å². The minimum Gasteiger partial charge on any atom is -0.497 e.